The fourth-order valence-electron chi connectivity index (χ4n) is 2.55. The molecule has 164 valence electrons. The average molecular weight is 581 g/mol. The van der Waals surface area contributed by atoms with Gasteiger partial charge in [-0.25, -0.2) is 13.2 Å². The summed E-state index contributed by atoms with van der Waals surface area (Å²) in [5.74, 6) is 0.495. The molecule has 0 amide bonds. The molecule has 0 spiro atoms. The third-order valence-corrected chi connectivity index (χ3v) is 8.74. The number of carboxylic acid groups (broad SMARTS) is 1. The van der Waals surface area contributed by atoms with E-state index >= 15 is 0 Å². The number of aryl methyl sites for hydroxylation is 1. The van der Waals surface area contributed by atoms with Crippen molar-refractivity contribution in [3.8, 4) is 5.75 Å². The zero-order valence-electron chi connectivity index (χ0n) is 16.4. The van der Waals surface area contributed by atoms with Crippen molar-refractivity contribution in [3.05, 3.63) is 50.9 Å². The summed E-state index contributed by atoms with van der Waals surface area (Å²) < 4.78 is 31.6. The van der Waals surface area contributed by atoms with Gasteiger partial charge in [-0.15, -0.1) is 11.8 Å². The van der Waals surface area contributed by atoms with E-state index < -0.39 is 15.8 Å². The summed E-state index contributed by atoms with van der Waals surface area (Å²) >= 11 is 8.34. The molecular formula is C20H23Br2NO5S2. The Morgan fingerprint density at radius 3 is 2.57 bits per heavy atom. The van der Waals surface area contributed by atoms with E-state index in [9.17, 15) is 13.2 Å². The lowest BCUT2D eigenvalue weighted by Gasteiger charge is -2.09. The van der Waals surface area contributed by atoms with Crippen molar-refractivity contribution in [2.75, 3.05) is 31.2 Å². The number of rotatable bonds is 12. The maximum atomic E-state index is 12.4. The van der Waals surface area contributed by atoms with Crippen molar-refractivity contribution >= 4 is 59.4 Å². The van der Waals surface area contributed by atoms with Gasteiger partial charge in [0.15, 0.2) is 16.4 Å². The molecule has 0 aliphatic carbocycles. The average Bonchev–Trinajstić information content (AvgIpc) is 2.68. The zero-order valence-corrected chi connectivity index (χ0v) is 21.2. The van der Waals surface area contributed by atoms with Crippen molar-refractivity contribution in [3.63, 3.8) is 0 Å². The summed E-state index contributed by atoms with van der Waals surface area (Å²) in [5.41, 5.74) is 0.888. The molecule has 0 aliphatic heterocycles. The van der Waals surface area contributed by atoms with E-state index in [1.54, 1.807) is 36.0 Å². The Bertz CT molecular complexity index is 983. The Balaban J connectivity index is 1.67. The monoisotopic (exact) mass is 579 g/mol. The predicted octanol–water partition coefficient (Wildman–Crippen LogP) is 4.53. The van der Waals surface area contributed by atoms with E-state index in [2.05, 4.69) is 37.2 Å². The van der Waals surface area contributed by atoms with Gasteiger partial charge in [0.05, 0.1) is 10.6 Å². The third kappa shape index (κ3) is 8.22. The minimum absolute atomic E-state index is 0.0955. The van der Waals surface area contributed by atoms with Crippen LogP contribution in [0.15, 0.2) is 55.1 Å². The first kappa shape index (κ1) is 25.2. The number of carbonyl (C=O) groups is 1. The normalized spacial score (nSPS) is 11.4. The molecule has 0 radical (unpaired) electrons. The molecule has 6 nitrogen and oxygen atoms in total. The molecule has 30 heavy (non-hydrogen) atoms. The largest absolute Gasteiger partial charge is 0.482 e. The van der Waals surface area contributed by atoms with Crippen molar-refractivity contribution < 1.29 is 23.1 Å². The van der Waals surface area contributed by atoms with Crippen LogP contribution in [0.25, 0.3) is 0 Å². The van der Waals surface area contributed by atoms with Gasteiger partial charge < -0.3 is 15.2 Å². The molecule has 0 aliphatic rings. The molecule has 0 atom stereocenters. The Kier molecular flexibility index (Phi) is 10.2. The minimum atomic E-state index is -3.30. The number of carboxylic acids is 1. The maximum Gasteiger partial charge on any atom is 0.341 e. The number of thioether (sulfide) groups is 1. The molecule has 0 heterocycles. The highest BCUT2D eigenvalue weighted by molar-refractivity contribution is 9.13. The van der Waals surface area contributed by atoms with Crippen molar-refractivity contribution in [1.82, 2.24) is 5.32 Å². The number of nitrogens with one attached hydrogen (secondary N) is 1. The smallest absolute Gasteiger partial charge is 0.341 e. The van der Waals surface area contributed by atoms with Gasteiger partial charge in [0.25, 0.3) is 0 Å². The molecule has 0 bridgehead atoms. The molecular weight excluding hydrogens is 558 g/mol. The zero-order chi connectivity index (χ0) is 22.1. The topological polar surface area (TPSA) is 92.7 Å². The Hall–Kier alpha value is -1.07. The summed E-state index contributed by atoms with van der Waals surface area (Å²) in [7, 11) is -3.30. The Morgan fingerprint density at radius 1 is 1.13 bits per heavy atom. The van der Waals surface area contributed by atoms with Crippen LogP contribution in [0, 0.1) is 6.92 Å². The van der Waals surface area contributed by atoms with Gasteiger partial charge in [-0.1, -0.05) is 0 Å². The van der Waals surface area contributed by atoms with Crippen LogP contribution < -0.4 is 10.1 Å². The summed E-state index contributed by atoms with van der Waals surface area (Å²) in [6.07, 6.45) is 0.537. The molecule has 0 saturated carbocycles. The molecule has 0 aromatic heterocycles. The fourth-order valence-corrected chi connectivity index (χ4v) is 5.57. The fraction of sp³-hybridized carbons (Fsp3) is 0.350. The van der Waals surface area contributed by atoms with Crippen LogP contribution in [-0.2, 0) is 14.6 Å². The highest BCUT2D eigenvalue weighted by Crippen LogP contribution is 2.27. The number of ether oxygens (including phenoxy) is 1. The van der Waals surface area contributed by atoms with E-state index in [-0.39, 0.29) is 12.4 Å². The van der Waals surface area contributed by atoms with E-state index in [0.29, 0.717) is 23.6 Å². The lowest BCUT2D eigenvalue weighted by molar-refractivity contribution is -0.139. The first-order valence-corrected chi connectivity index (χ1v) is 13.4. The minimum Gasteiger partial charge on any atom is -0.482 e. The van der Waals surface area contributed by atoms with E-state index in [4.69, 9.17) is 9.84 Å². The van der Waals surface area contributed by atoms with E-state index in [1.807, 2.05) is 19.1 Å². The van der Waals surface area contributed by atoms with Crippen molar-refractivity contribution in [2.45, 2.75) is 23.1 Å². The maximum absolute atomic E-state index is 12.4. The molecule has 0 fully saturated rings. The van der Waals surface area contributed by atoms with Crippen LogP contribution in [0.5, 0.6) is 5.75 Å². The second kappa shape index (κ2) is 12.1. The molecule has 0 unspecified atom stereocenters. The summed E-state index contributed by atoms with van der Waals surface area (Å²) in [6.45, 7) is 2.90. The third-order valence-electron chi connectivity index (χ3n) is 4.06. The second-order valence-electron chi connectivity index (χ2n) is 6.46. The van der Waals surface area contributed by atoms with Gasteiger partial charge in [-0.05, 0) is 93.7 Å². The molecule has 2 aromatic carbocycles. The second-order valence-corrected chi connectivity index (χ2v) is 11.4. The highest BCUT2D eigenvalue weighted by Gasteiger charge is 2.15. The number of hydrogen-bond donors (Lipinski definition) is 2. The SMILES string of the molecule is Cc1cc(SCCNCCCS(=O)(=O)c2ccc(Br)c(Br)c2)ccc1OCC(=O)O. The molecule has 2 aromatic rings. The van der Waals surface area contributed by atoms with Crippen LogP contribution in [0.1, 0.15) is 12.0 Å². The van der Waals surface area contributed by atoms with Crippen LogP contribution in [-0.4, -0.2) is 50.7 Å². The standard InChI is InChI=1S/C20H23Br2NO5S2/c1-14-11-15(3-6-19(14)28-13-20(24)25)29-9-8-23-7-2-10-30(26,27)16-4-5-17(21)18(22)12-16/h3-6,11-12,23H,2,7-10,13H2,1H3,(H,24,25). The number of benzene rings is 2. The number of aliphatic carboxylic acids is 1. The molecule has 0 saturated heterocycles. The first-order valence-electron chi connectivity index (χ1n) is 9.15. The van der Waals surface area contributed by atoms with E-state index in [1.165, 1.54) is 0 Å². The van der Waals surface area contributed by atoms with Gasteiger partial charge in [0, 0.05) is 26.1 Å². The molecule has 2 N–H and O–H groups in total. The van der Waals surface area contributed by atoms with Gasteiger partial charge in [0.1, 0.15) is 5.75 Å². The van der Waals surface area contributed by atoms with Crippen LogP contribution in [0.4, 0.5) is 0 Å². The first-order chi connectivity index (χ1) is 14.2. The number of hydrogen-bond acceptors (Lipinski definition) is 6. The lowest BCUT2D eigenvalue weighted by atomic mass is 10.2. The van der Waals surface area contributed by atoms with Crippen molar-refractivity contribution in [1.29, 1.82) is 0 Å². The van der Waals surface area contributed by atoms with Gasteiger partial charge >= 0.3 is 5.97 Å². The van der Waals surface area contributed by atoms with Crippen LogP contribution in [0.2, 0.25) is 0 Å². The van der Waals surface area contributed by atoms with Crippen molar-refractivity contribution in [2.24, 2.45) is 0 Å². The van der Waals surface area contributed by atoms with Gasteiger partial charge in [-0.3, -0.25) is 0 Å². The highest BCUT2D eigenvalue weighted by atomic mass is 79.9. The van der Waals surface area contributed by atoms with Gasteiger partial charge in [0.2, 0.25) is 0 Å². The molecule has 2 rings (SSSR count). The van der Waals surface area contributed by atoms with Gasteiger partial charge in [-0.2, -0.15) is 0 Å². The Morgan fingerprint density at radius 2 is 1.90 bits per heavy atom. The van der Waals surface area contributed by atoms with Crippen LogP contribution in [0.3, 0.4) is 0 Å². The summed E-state index contributed by atoms with van der Waals surface area (Å²) in [5, 5.41) is 11.9. The number of sulfone groups is 1. The quantitative estimate of drug-likeness (QED) is 0.281. The lowest BCUT2D eigenvalue weighted by Crippen LogP contribution is -2.21. The summed E-state index contributed by atoms with van der Waals surface area (Å²) in [6, 6.07) is 10.6. The van der Waals surface area contributed by atoms with E-state index in [0.717, 1.165) is 31.7 Å². The number of halogens is 2. The Labute approximate surface area is 198 Å². The molecule has 10 heteroatoms. The predicted molar refractivity (Wildman–Crippen MR) is 126 cm³/mol. The summed E-state index contributed by atoms with van der Waals surface area (Å²) in [4.78, 5) is 12.0. The van der Waals surface area contributed by atoms with Crippen LogP contribution >= 0.6 is 43.6 Å².